The molecule has 0 fully saturated rings. The first kappa shape index (κ1) is 12.9. The normalized spacial score (nSPS) is 8.64. The number of hydrogen-bond acceptors (Lipinski definition) is 4. The number of carboxylic acid groups (broad SMARTS) is 1. The van der Waals surface area contributed by atoms with Crippen molar-refractivity contribution in [3.63, 3.8) is 0 Å². The van der Waals surface area contributed by atoms with Crippen LogP contribution in [0.4, 0.5) is 0 Å². The standard InChI is InChI=1S/C8H6O5.Mg.2H/c9-7(10)5-1-3-6(4-2-5)8(11)13-12;;;/h1-4,12H,(H,9,10);;;/q;+2;2*-1. The Balaban J connectivity index is -0.000000563. The van der Waals surface area contributed by atoms with E-state index in [1.807, 2.05) is 0 Å². The maximum atomic E-state index is 10.7. The third kappa shape index (κ3) is 2.98. The summed E-state index contributed by atoms with van der Waals surface area (Å²) in [6.45, 7) is 0. The zero-order chi connectivity index (χ0) is 9.84. The molecule has 0 bridgehead atoms. The van der Waals surface area contributed by atoms with Crippen molar-refractivity contribution in [3.8, 4) is 0 Å². The maximum absolute atomic E-state index is 10.7. The molecule has 2 N–H and O–H groups in total. The molecule has 72 valence electrons. The van der Waals surface area contributed by atoms with Crippen LogP contribution >= 0.6 is 0 Å². The molecule has 1 rings (SSSR count). The number of aromatic carboxylic acids is 1. The van der Waals surface area contributed by atoms with Gasteiger partial charge in [0.05, 0.1) is 11.1 Å². The topological polar surface area (TPSA) is 83.8 Å². The van der Waals surface area contributed by atoms with Crippen molar-refractivity contribution in [2.24, 2.45) is 0 Å². The molecular formula is C8H8MgO5. The molecule has 0 atom stereocenters. The fourth-order valence-corrected chi connectivity index (χ4v) is 0.802. The van der Waals surface area contributed by atoms with Crippen molar-refractivity contribution >= 4 is 35.0 Å². The second-order valence-electron chi connectivity index (χ2n) is 2.26. The summed E-state index contributed by atoms with van der Waals surface area (Å²) in [7, 11) is 0. The fraction of sp³-hybridized carbons (Fsp3) is 0. The van der Waals surface area contributed by atoms with E-state index < -0.39 is 11.9 Å². The van der Waals surface area contributed by atoms with E-state index in [4.69, 9.17) is 10.4 Å². The van der Waals surface area contributed by atoms with Gasteiger partial charge in [0.1, 0.15) is 0 Å². The number of carbonyl (C=O) groups excluding carboxylic acids is 1. The molecule has 14 heavy (non-hydrogen) atoms. The smallest absolute Gasteiger partial charge is 1.00 e. The van der Waals surface area contributed by atoms with E-state index in [1.54, 1.807) is 0 Å². The van der Waals surface area contributed by atoms with Gasteiger partial charge in [-0.3, -0.25) is 4.89 Å². The molecular weight excluding hydrogens is 200 g/mol. The average Bonchev–Trinajstić information content (AvgIpc) is 2.17. The Morgan fingerprint density at radius 3 is 1.93 bits per heavy atom. The van der Waals surface area contributed by atoms with Gasteiger partial charge in [-0.2, -0.15) is 5.26 Å². The first-order chi connectivity index (χ1) is 6.15. The van der Waals surface area contributed by atoms with E-state index in [2.05, 4.69) is 4.89 Å². The predicted octanol–water partition coefficient (Wildman–Crippen LogP) is 0.859. The molecule has 0 amide bonds. The third-order valence-electron chi connectivity index (χ3n) is 1.45. The van der Waals surface area contributed by atoms with Gasteiger partial charge < -0.3 is 7.96 Å². The van der Waals surface area contributed by atoms with Gasteiger partial charge in [0.25, 0.3) is 0 Å². The first-order valence-electron chi connectivity index (χ1n) is 3.34. The molecule has 1 aromatic carbocycles. The predicted molar refractivity (Wildman–Crippen MR) is 49.4 cm³/mol. The Hall–Kier alpha value is -1.11. The van der Waals surface area contributed by atoms with Crippen LogP contribution in [0, 0.1) is 0 Å². The molecule has 0 spiro atoms. The molecule has 0 saturated heterocycles. The zero-order valence-corrected chi connectivity index (χ0v) is 8.55. The van der Waals surface area contributed by atoms with Crippen molar-refractivity contribution < 1.29 is 27.7 Å². The molecule has 0 aliphatic rings. The Morgan fingerprint density at radius 1 is 1.14 bits per heavy atom. The first-order valence-corrected chi connectivity index (χ1v) is 3.34. The van der Waals surface area contributed by atoms with Crippen molar-refractivity contribution in [2.75, 3.05) is 0 Å². The van der Waals surface area contributed by atoms with Gasteiger partial charge in [-0.05, 0) is 24.3 Å². The van der Waals surface area contributed by atoms with Crippen molar-refractivity contribution in [1.82, 2.24) is 0 Å². The SMILES string of the molecule is O=C(O)c1ccc(C(=O)OO)cc1.[H-].[H-].[Mg+2]. The van der Waals surface area contributed by atoms with E-state index in [0.717, 1.165) is 0 Å². The van der Waals surface area contributed by atoms with E-state index >= 15 is 0 Å². The van der Waals surface area contributed by atoms with Gasteiger partial charge >= 0.3 is 35.0 Å². The van der Waals surface area contributed by atoms with Crippen molar-refractivity contribution in [1.29, 1.82) is 0 Å². The molecule has 0 aliphatic heterocycles. The zero-order valence-electron chi connectivity index (χ0n) is 9.14. The van der Waals surface area contributed by atoms with Crippen LogP contribution in [-0.4, -0.2) is 45.4 Å². The molecule has 0 aliphatic carbocycles. The Bertz CT molecular complexity index is 341. The van der Waals surface area contributed by atoms with E-state index in [9.17, 15) is 9.59 Å². The summed E-state index contributed by atoms with van der Waals surface area (Å²) in [5, 5.41) is 16.5. The minimum atomic E-state index is -1.08. The van der Waals surface area contributed by atoms with Crippen LogP contribution < -0.4 is 0 Å². The molecule has 6 heteroatoms. The largest absolute Gasteiger partial charge is 2.00 e. The summed E-state index contributed by atoms with van der Waals surface area (Å²) in [5.41, 5.74) is 0.155. The Labute approximate surface area is 98.4 Å². The monoisotopic (exact) mass is 208 g/mol. The van der Waals surface area contributed by atoms with Crippen LogP contribution in [0.25, 0.3) is 0 Å². The summed E-state index contributed by atoms with van der Waals surface area (Å²) >= 11 is 0. The number of carbonyl (C=O) groups is 2. The van der Waals surface area contributed by atoms with E-state index in [0.29, 0.717) is 0 Å². The molecule has 5 nitrogen and oxygen atoms in total. The molecule has 0 heterocycles. The van der Waals surface area contributed by atoms with Gasteiger partial charge in [-0.25, -0.2) is 9.59 Å². The second-order valence-corrected chi connectivity index (χ2v) is 2.26. The molecule has 0 radical (unpaired) electrons. The number of carboxylic acids is 1. The van der Waals surface area contributed by atoms with Crippen molar-refractivity contribution in [3.05, 3.63) is 35.4 Å². The maximum Gasteiger partial charge on any atom is 2.00 e. The number of benzene rings is 1. The van der Waals surface area contributed by atoms with Crippen LogP contribution in [0.1, 0.15) is 23.6 Å². The van der Waals surface area contributed by atoms with Crippen LogP contribution in [0.3, 0.4) is 0 Å². The molecule has 0 unspecified atom stereocenters. The van der Waals surface area contributed by atoms with Crippen LogP contribution in [0.2, 0.25) is 0 Å². The quantitative estimate of drug-likeness (QED) is 0.428. The van der Waals surface area contributed by atoms with Gasteiger partial charge in [-0.15, -0.1) is 0 Å². The number of hydrogen-bond donors (Lipinski definition) is 2. The van der Waals surface area contributed by atoms with Gasteiger partial charge in [0.15, 0.2) is 0 Å². The second kappa shape index (κ2) is 5.58. The molecule has 1 aromatic rings. The molecule has 0 saturated carbocycles. The summed E-state index contributed by atoms with van der Waals surface area (Å²) in [6.07, 6.45) is 0. The van der Waals surface area contributed by atoms with Crippen LogP contribution in [-0.2, 0) is 4.89 Å². The number of rotatable bonds is 2. The van der Waals surface area contributed by atoms with Crippen LogP contribution in [0.15, 0.2) is 24.3 Å². The van der Waals surface area contributed by atoms with E-state index in [-0.39, 0.29) is 37.0 Å². The summed E-state index contributed by atoms with van der Waals surface area (Å²) in [5.74, 6) is -2.00. The Kier molecular flexibility index (Phi) is 5.14. The van der Waals surface area contributed by atoms with E-state index in [1.165, 1.54) is 24.3 Å². The fourth-order valence-electron chi connectivity index (χ4n) is 0.802. The summed E-state index contributed by atoms with van der Waals surface area (Å²) < 4.78 is 0. The third-order valence-corrected chi connectivity index (χ3v) is 1.45. The van der Waals surface area contributed by atoms with Gasteiger partial charge in [0, 0.05) is 0 Å². The average molecular weight is 208 g/mol. The summed E-state index contributed by atoms with van der Waals surface area (Å²) in [4.78, 5) is 24.5. The van der Waals surface area contributed by atoms with Gasteiger partial charge in [-0.1, -0.05) is 0 Å². The minimum Gasteiger partial charge on any atom is -1.00 e. The Morgan fingerprint density at radius 2 is 1.57 bits per heavy atom. The summed E-state index contributed by atoms with van der Waals surface area (Å²) in [6, 6.07) is 4.99. The molecule has 0 aromatic heterocycles. The minimum absolute atomic E-state index is 0. The van der Waals surface area contributed by atoms with Gasteiger partial charge in [0.2, 0.25) is 0 Å². The van der Waals surface area contributed by atoms with Crippen molar-refractivity contribution in [2.45, 2.75) is 0 Å². The van der Waals surface area contributed by atoms with Crippen LogP contribution in [0.5, 0.6) is 0 Å².